The summed E-state index contributed by atoms with van der Waals surface area (Å²) in [6.45, 7) is 0. The Morgan fingerprint density at radius 2 is 0.958 bits per heavy atom. The van der Waals surface area contributed by atoms with Crippen LogP contribution in [-0.4, -0.2) is 4.98 Å². The van der Waals surface area contributed by atoms with Crippen LogP contribution in [0.5, 0.6) is 0 Å². The van der Waals surface area contributed by atoms with Gasteiger partial charge in [0.1, 0.15) is 5.52 Å². The quantitative estimate of drug-likeness (QED) is 0.175. The molecule has 9 rings (SSSR count). The highest BCUT2D eigenvalue weighted by Crippen LogP contribution is 2.45. The molecule has 8 aromatic carbocycles. The Morgan fingerprint density at radius 3 is 1.58 bits per heavy atom. The highest BCUT2D eigenvalue weighted by atomic mass is 16.3. The van der Waals surface area contributed by atoms with E-state index in [1.54, 1.807) is 0 Å². The third-order valence-corrected chi connectivity index (χ3v) is 9.04. The number of benzene rings is 8. The minimum absolute atomic E-state index is 0.621. The average molecular weight is 615 g/mol. The van der Waals surface area contributed by atoms with Crippen LogP contribution in [-0.2, 0) is 0 Å². The lowest BCUT2D eigenvalue weighted by molar-refractivity contribution is 0.620. The second kappa shape index (κ2) is 11.7. The number of hydrogen-bond donors (Lipinski definition) is 0. The second-order valence-electron chi connectivity index (χ2n) is 12.0. The average Bonchev–Trinajstić information content (AvgIpc) is 3.61. The Balaban J connectivity index is 1.33. The third-order valence-electron chi connectivity index (χ3n) is 9.04. The number of anilines is 3. The molecule has 1 heterocycles. The van der Waals surface area contributed by atoms with E-state index in [1.807, 2.05) is 30.3 Å². The Morgan fingerprint density at radius 1 is 0.417 bits per heavy atom. The zero-order valence-electron chi connectivity index (χ0n) is 26.1. The fraction of sp³-hybridized carbons (Fsp3) is 0. The van der Waals surface area contributed by atoms with Crippen LogP contribution >= 0.6 is 0 Å². The van der Waals surface area contributed by atoms with E-state index in [2.05, 4.69) is 157 Å². The van der Waals surface area contributed by atoms with Crippen LogP contribution in [0.1, 0.15) is 0 Å². The first-order valence-corrected chi connectivity index (χ1v) is 16.2. The lowest BCUT2D eigenvalue weighted by Crippen LogP contribution is -2.11. The number of hydrogen-bond acceptors (Lipinski definition) is 3. The predicted octanol–water partition coefficient (Wildman–Crippen LogP) is 12.6. The van der Waals surface area contributed by atoms with Gasteiger partial charge in [0.05, 0.1) is 5.69 Å². The molecule has 1 aromatic heterocycles. The Kier molecular flexibility index (Phi) is 6.80. The molecule has 0 spiro atoms. The monoisotopic (exact) mass is 614 g/mol. The number of aromatic nitrogens is 1. The molecule has 48 heavy (non-hydrogen) atoms. The van der Waals surface area contributed by atoms with Crippen molar-refractivity contribution < 1.29 is 4.42 Å². The highest BCUT2D eigenvalue weighted by molar-refractivity contribution is 6.23. The summed E-state index contributed by atoms with van der Waals surface area (Å²) in [7, 11) is 0. The van der Waals surface area contributed by atoms with Crippen LogP contribution in [0, 0.1) is 0 Å². The van der Waals surface area contributed by atoms with Gasteiger partial charge in [-0.1, -0.05) is 127 Å². The van der Waals surface area contributed by atoms with Crippen molar-refractivity contribution in [3.63, 3.8) is 0 Å². The van der Waals surface area contributed by atoms with E-state index in [0.717, 1.165) is 66.4 Å². The van der Waals surface area contributed by atoms with Gasteiger partial charge in [0, 0.05) is 27.7 Å². The lowest BCUT2D eigenvalue weighted by Gasteiger charge is -2.28. The maximum atomic E-state index is 6.39. The minimum atomic E-state index is 0.621. The summed E-state index contributed by atoms with van der Waals surface area (Å²) in [5.74, 6) is 0.621. The molecule has 226 valence electrons. The van der Waals surface area contributed by atoms with E-state index < -0.39 is 0 Å². The topological polar surface area (TPSA) is 29.3 Å². The van der Waals surface area contributed by atoms with Crippen LogP contribution in [0.3, 0.4) is 0 Å². The molecule has 0 aliphatic rings. The van der Waals surface area contributed by atoms with Crippen molar-refractivity contribution in [3.05, 3.63) is 182 Å². The van der Waals surface area contributed by atoms with E-state index in [-0.39, 0.29) is 0 Å². The Bertz CT molecular complexity index is 2470. The first-order valence-electron chi connectivity index (χ1n) is 16.2. The summed E-state index contributed by atoms with van der Waals surface area (Å²) in [6, 6.07) is 64.0. The molecule has 0 saturated carbocycles. The Hall–Kier alpha value is -6.45. The SMILES string of the molecule is c1ccc(-c2cccc(N(c3cccc(-c4ccccc4)c3)c3cc4ccccc4c4c3ccc3oc(-c5ccccc5)nc34)c2)cc1. The van der Waals surface area contributed by atoms with E-state index in [4.69, 9.17) is 9.40 Å². The summed E-state index contributed by atoms with van der Waals surface area (Å²) in [5, 5.41) is 4.46. The van der Waals surface area contributed by atoms with Gasteiger partial charge in [0.2, 0.25) is 5.89 Å². The minimum Gasteiger partial charge on any atom is -0.436 e. The Labute approximate surface area is 279 Å². The zero-order chi connectivity index (χ0) is 31.9. The van der Waals surface area contributed by atoms with Gasteiger partial charge in [-0.25, -0.2) is 4.98 Å². The van der Waals surface area contributed by atoms with Gasteiger partial charge in [-0.2, -0.15) is 0 Å². The molecular formula is C45H30N2O. The molecule has 9 aromatic rings. The molecule has 0 amide bonds. The summed E-state index contributed by atoms with van der Waals surface area (Å²) in [5.41, 5.74) is 10.5. The first-order chi connectivity index (χ1) is 23.8. The predicted molar refractivity (Wildman–Crippen MR) is 200 cm³/mol. The number of rotatable bonds is 6. The summed E-state index contributed by atoms with van der Waals surface area (Å²) in [6.07, 6.45) is 0. The van der Waals surface area contributed by atoms with Crippen molar-refractivity contribution in [2.45, 2.75) is 0 Å². The normalized spacial score (nSPS) is 11.3. The molecule has 0 saturated heterocycles. The molecular weight excluding hydrogens is 585 g/mol. The van der Waals surface area contributed by atoms with Gasteiger partial charge in [0.15, 0.2) is 5.58 Å². The van der Waals surface area contributed by atoms with E-state index in [9.17, 15) is 0 Å². The highest BCUT2D eigenvalue weighted by Gasteiger charge is 2.21. The van der Waals surface area contributed by atoms with Crippen molar-refractivity contribution in [1.29, 1.82) is 0 Å². The van der Waals surface area contributed by atoms with Gasteiger partial charge in [0.25, 0.3) is 0 Å². The van der Waals surface area contributed by atoms with Crippen molar-refractivity contribution in [1.82, 2.24) is 4.98 Å². The smallest absolute Gasteiger partial charge is 0.227 e. The standard InChI is InChI=1S/C45H30N2O/c1-4-14-31(15-5-1)34-21-12-23-37(28-34)47(38-24-13-22-35(29-38)32-16-6-2-7-17-32)41-30-36-20-10-11-25-39(36)43-40(41)26-27-42-44(43)46-45(48-42)33-18-8-3-9-19-33/h1-30H. The van der Waals surface area contributed by atoms with Gasteiger partial charge < -0.3 is 9.32 Å². The molecule has 0 N–H and O–H groups in total. The molecule has 0 radical (unpaired) electrons. The fourth-order valence-electron chi connectivity index (χ4n) is 6.78. The van der Waals surface area contributed by atoms with E-state index >= 15 is 0 Å². The second-order valence-corrected chi connectivity index (χ2v) is 12.0. The lowest BCUT2D eigenvalue weighted by atomic mass is 9.97. The van der Waals surface area contributed by atoms with Crippen molar-refractivity contribution in [3.8, 4) is 33.7 Å². The molecule has 3 nitrogen and oxygen atoms in total. The van der Waals surface area contributed by atoms with Crippen LogP contribution in [0.25, 0.3) is 66.4 Å². The molecule has 0 aliphatic carbocycles. The maximum absolute atomic E-state index is 6.39. The molecule has 0 fully saturated rings. The van der Waals surface area contributed by atoms with Gasteiger partial charge in [-0.15, -0.1) is 0 Å². The molecule has 0 atom stereocenters. The fourth-order valence-corrected chi connectivity index (χ4v) is 6.78. The van der Waals surface area contributed by atoms with Gasteiger partial charge in [-0.05, 0) is 87.6 Å². The number of fused-ring (bicyclic) bond motifs is 5. The van der Waals surface area contributed by atoms with E-state index in [1.165, 1.54) is 11.1 Å². The van der Waals surface area contributed by atoms with Crippen LogP contribution in [0.2, 0.25) is 0 Å². The summed E-state index contributed by atoms with van der Waals surface area (Å²) >= 11 is 0. The summed E-state index contributed by atoms with van der Waals surface area (Å²) < 4.78 is 6.39. The third kappa shape index (κ3) is 4.90. The largest absolute Gasteiger partial charge is 0.436 e. The molecule has 0 bridgehead atoms. The molecule has 3 heteroatoms. The van der Waals surface area contributed by atoms with Gasteiger partial charge >= 0.3 is 0 Å². The molecule has 0 unspecified atom stereocenters. The summed E-state index contributed by atoms with van der Waals surface area (Å²) in [4.78, 5) is 7.52. The van der Waals surface area contributed by atoms with Crippen LogP contribution in [0.15, 0.2) is 186 Å². The zero-order valence-corrected chi connectivity index (χ0v) is 26.1. The van der Waals surface area contributed by atoms with Crippen LogP contribution < -0.4 is 4.90 Å². The molecule has 0 aliphatic heterocycles. The maximum Gasteiger partial charge on any atom is 0.227 e. The number of nitrogens with zero attached hydrogens (tertiary/aromatic N) is 2. The van der Waals surface area contributed by atoms with E-state index in [0.29, 0.717) is 5.89 Å². The van der Waals surface area contributed by atoms with Crippen molar-refractivity contribution in [2.24, 2.45) is 0 Å². The first kappa shape index (κ1) is 27.8. The van der Waals surface area contributed by atoms with Crippen molar-refractivity contribution in [2.75, 3.05) is 4.90 Å². The number of oxazole rings is 1. The van der Waals surface area contributed by atoms with Crippen LogP contribution in [0.4, 0.5) is 17.1 Å². The van der Waals surface area contributed by atoms with Crippen molar-refractivity contribution >= 4 is 49.7 Å². The van der Waals surface area contributed by atoms with Gasteiger partial charge in [-0.3, -0.25) is 0 Å².